The first-order valence-corrected chi connectivity index (χ1v) is 13.8. The number of benzene rings is 1. The summed E-state index contributed by atoms with van der Waals surface area (Å²) >= 11 is 1.72. The van der Waals surface area contributed by atoms with Gasteiger partial charge in [-0.2, -0.15) is 4.98 Å². The number of rotatable bonds is 11. The molecular weight excluding hydrogens is 474 g/mol. The van der Waals surface area contributed by atoms with E-state index in [1.54, 1.807) is 17.8 Å². The average Bonchev–Trinajstić information content (AvgIpc) is 2.86. The minimum absolute atomic E-state index is 0.0698. The summed E-state index contributed by atoms with van der Waals surface area (Å²) in [6.45, 7) is 10.3. The molecule has 2 aromatic rings. The van der Waals surface area contributed by atoms with Crippen molar-refractivity contribution >= 4 is 28.6 Å². The van der Waals surface area contributed by atoms with Crippen molar-refractivity contribution in [1.82, 2.24) is 9.97 Å². The van der Waals surface area contributed by atoms with Gasteiger partial charge in [0.05, 0.1) is 10.9 Å². The lowest BCUT2D eigenvalue weighted by Crippen LogP contribution is -2.27. The second kappa shape index (κ2) is 12.7. The molecule has 36 heavy (non-hydrogen) atoms. The summed E-state index contributed by atoms with van der Waals surface area (Å²) < 4.78 is 6.23. The minimum atomic E-state index is -2.96. The maximum absolute atomic E-state index is 9.73. The Labute approximate surface area is 218 Å². The molecule has 0 saturated carbocycles. The smallest absolute Gasteiger partial charge is 0.304 e. The second-order valence-corrected chi connectivity index (χ2v) is 10.4. The van der Waals surface area contributed by atoms with Gasteiger partial charge < -0.3 is 25.0 Å². The van der Waals surface area contributed by atoms with E-state index in [2.05, 4.69) is 57.1 Å². The number of thioether (sulfide) groups is 1. The molecule has 0 amide bonds. The lowest BCUT2D eigenvalue weighted by molar-refractivity contribution is -0.323. The summed E-state index contributed by atoms with van der Waals surface area (Å²) in [5.74, 6) is -1.44. The van der Waals surface area contributed by atoms with Gasteiger partial charge in [-0.1, -0.05) is 32.1 Å². The van der Waals surface area contributed by atoms with E-state index in [0.717, 1.165) is 19.3 Å². The van der Waals surface area contributed by atoms with Crippen LogP contribution in [-0.4, -0.2) is 51.2 Å². The Morgan fingerprint density at radius 1 is 1.25 bits per heavy atom. The average molecular weight is 514 g/mol. The molecule has 1 atom stereocenters. The number of ether oxygens (including phenoxy) is 1. The highest BCUT2D eigenvalue weighted by atomic mass is 32.2. The first-order chi connectivity index (χ1) is 17.2. The normalized spacial score (nSPS) is 17.3. The molecule has 1 unspecified atom stereocenters. The molecule has 0 aliphatic heterocycles. The molecule has 1 aliphatic carbocycles. The first-order valence-electron chi connectivity index (χ1n) is 12.6. The topological polar surface area (TPSA) is 98.9 Å². The molecule has 1 aromatic carbocycles. The van der Waals surface area contributed by atoms with Gasteiger partial charge in [0, 0.05) is 18.7 Å². The van der Waals surface area contributed by atoms with Crippen LogP contribution >= 0.6 is 11.8 Å². The highest BCUT2D eigenvalue weighted by Gasteiger charge is 2.24. The zero-order chi connectivity index (χ0) is 26.3. The molecule has 196 valence electrons. The zero-order valence-corrected chi connectivity index (χ0v) is 22.8. The number of allylic oxidation sites excluding steroid dienone is 3. The highest BCUT2D eigenvalue weighted by molar-refractivity contribution is 8.02. The zero-order valence-electron chi connectivity index (χ0n) is 22.0. The van der Waals surface area contributed by atoms with Crippen LogP contribution in [0.4, 0.5) is 5.95 Å². The number of nitrogens with zero attached hydrogens (tertiary/aromatic N) is 3. The molecule has 1 heterocycles. The van der Waals surface area contributed by atoms with E-state index in [1.165, 1.54) is 34.6 Å². The van der Waals surface area contributed by atoms with Crippen molar-refractivity contribution in [2.45, 2.75) is 59.4 Å². The van der Waals surface area contributed by atoms with Gasteiger partial charge in [-0.15, -0.1) is 11.8 Å². The Balaban J connectivity index is 2.03. The van der Waals surface area contributed by atoms with Crippen molar-refractivity contribution in [2.24, 2.45) is 5.92 Å². The predicted molar refractivity (Wildman–Crippen MR) is 148 cm³/mol. The minimum Gasteiger partial charge on any atom is -0.473 e. The van der Waals surface area contributed by atoms with Crippen LogP contribution in [0, 0.1) is 5.92 Å². The van der Waals surface area contributed by atoms with Gasteiger partial charge in [-0.05, 0) is 86.0 Å². The second-order valence-electron chi connectivity index (χ2n) is 9.34. The van der Waals surface area contributed by atoms with Crippen LogP contribution in [0.3, 0.4) is 0 Å². The van der Waals surface area contributed by atoms with Gasteiger partial charge in [-0.3, -0.25) is 0 Å². The molecule has 3 rings (SSSR count). The molecule has 7 nitrogen and oxygen atoms in total. The fourth-order valence-electron chi connectivity index (χ4n) is 4.23. The molecule has 0 bridgehead atoms. The molecule has 1 aliphatic rings. The number of anilines is 1. The summed E-state index contributed by atoms with van der Waals surface area (Å²) in [5.41, 5.74) is 2.97. The Kier molecular flexibility index (Phi) is 9.96. The van der Waals surface area contributed by atoms with Gasteiger partial charge in [0.15, 0.2) is 0 Å². The number of hydrogen-bond donors (Lipinski definition) is 3. The first kappa shape index (κ1) is 28.2. The molecule has 0 radical (unpaired) electrons. The SMILES string of the molecule is CCC=CC(CN(CC)c1nc(OCC2=CCCC(C)C2)c2cc(C(O)(O)O)ccc2n1)=C(C)SC. The van der Waals surface area contributed by atoms with Crippen LogP contribution in [0.5, 0.6) is 5.88 Å². The summed E-state index contributed by atoms with van der Waals surface area (Å²) in [6.07, 6.45) is 12.8. The van der Waals surface area contributed by atoms with E-state index in [9.17, 15) is 15.3 Å². The predicted octanol–water partition coefficient (Wildman–Crippen LogP) is 5.27. The number of aliphatic hydroxyl groups is 3. The largest absolute Gasteiger partial charge is 0.473 e. The molecule has 8 heteroatoms. The Hall–Kier alpha value is -2.39. The van der Waals surface area contributed by atoms with E-state index in [0.29, 0.717) is 48.3 Å². The third-order valence-electron chi connectivity index (χ3n) is 6.47. The summed E-state index contributed by atoms with van der Waals surface area (Å²) in [6, 6.07) is 4.56. The van der Waals surface area contributed by atoms with Crippen molar-refractivity contribution in [3.8, 4) is 5.88 Å². The molecule has 0 saturated heterocycles. The van der Waals surface area contributed by atoms with Crippen molar-refractivity contribution in [2.75, 3.05) is 30.9 Å². The highest BCUT2D eigenvalue weighted by Crippen LogP contribution is 2.31. The standard InChI is InChI=1S/C28H39N3O4S/c1-6-8-12-22(20(4)36-5)17-31(7-2)27-29-25-14-13-23(28(32,33)34)16-24(25)26(30-27)35-18-21-11-9-10-19(3)15-21/h8,11-14,16,19,32-34H,6-7,9-10,15,17-18H2,1-5H3. The quantitative estimate of drug-likeness (QED) is 0.212. The van der Waals surface area contributed by atoms with Crippen LogP contribution in [0.25, 0.3) is 10.9 Å². The third-order valence-corrected chi connectivity index (χ3v) is 7.35. The Bertz CT molecular complexity index is 1140. The lowest BCUT2D eigenvalue weighted by atomic mass is 9.91. The van der Waals surface area contributed by atoms with E-state index in [-0.39, 0.29) is 5.56 Å². The molecule has 0 spiro atoms. The van der Waals surface area contributed by atoms with Crippen LogP contribution in [0.2, 0.25) is 0 Å². The van der Waals surface area contributed by atoms with E-state index in [4.69, 9.17) is 14.7 Å². The fourth-order valence-corrected chi connectivity index (χ4v) is 4.63. The van der Waals surface area contributed by atoms with Gasteiger partial charge in [0.25, 0.3) is 0 Å². The third kappa shape index (κ3) is 7.32. The number of fused-ring (bicyclic) bond motifs is 1. The Morgan fingerprint density at radius 2 is 2.03 bits per heavy atom. The van der Waals surface area contributed by atoms with Gasteiger partial charge in [0.2, 0.25) is 11.8 Å². The Morgan fingerprint density at radius 3 is 2.67 bits per heavy atom. The number of likely N-dealkylation sites (N-methyl/N-ethyl adjacent to an activating group) is 1. The summed E-state index contributed by atoms with van der Waals surface area (Å²) in [5, 5.41) is 29.7. The molecule has 1 aromatic heterocycles. The lowest BCUT2D eigenvalue weighted by Gasteiger charge is -2.24. The number of hydrogen-bond acceptors (Lipinski definition) is 8. The van der Waals surface area contributed by atoms with E-state index in [1.807, 2.05) is 0 Å². The monoisotopic (exact) mass is 513 g/mol. The molecule has 3 N–H and O–H groups in total. The summed E-state index contributed by atoms with van der Waals surface area (Å²) in [4.78, 5) is 12.9. The van der Waals surface area contributed by atoms with Crippen molar-refractivity contribution < 1.29 is 20.1 Å². The van der Waals surface area contributed by atoms with Gasteiger partial charge in [0.1, 0.15) is 6.61 Å². The molecular formula is C28H39N3O4S. The van der Waals surface area contributed by atoms with Crippen molar-refractivity contribution in [3.63, 3.8) is 0 Å². The van der Waals surface area contributed by atoms with E-state index < -0.39 is 5.97 Å². The summed E-state index contributed by atoms with van der Waals surface area (Å²) in [7, 11) is 0. The van der Waals surface area contributed by atoms with Crippen molar-refractivity contribution in [3.05, 3.63) is 58.0 Å². The fraction of sp³-hybridized carbons (Fsp3) is 0.500. The van der Waals surface area contributed by atoms with Crippen molar-refractivity contribution in [1.29, 1.82) is 0 Å². The van der Waals surface area contributed by atoms with Gasteiger partial charge in [-0.25, -0.2) is 4.98 Å². The van der Waals surface area contributed by atoms with E-state index >= 15 is 0 Å². The molecule has 0 fully saturated rings. The van der Waals surface area contributed by atoms with Crippen LogP contribution in [0.1, 0.15) is 58.9 Å². The van der Waals surface area contributed by atoms with Crippen LogP contribution in [0.15, 0.2) is 52.5 Å². The van der Waals surface area contributed by atoms with Gasteiger partial charge >= 0.3 is 5.97 Å². The maximum Gasteiger partial charge on any atom is 0.304 e. The number of aromatic nitrogens is 2. The maximum atomic E-state index is 9.73. The van der Waals surface area contributed by atoms with Crippen LogP contribution in [-0.2, 0) is 5.97 Å². The van der Waals surface area contributed by atoms with Crippen LogP contribution < -0.4 is 9.64 Å².